The number of rotatable bonds is 7. The van der Waals surface area contributed by atoms with E-state index in [1.807, 2.05) is 12.1 Å². The van der Waals surface area contributed by atoms with E-state index in [0.717, 1.165) is 18.7 Å². The summed E-state index contributed by atoms with van der Waals surface area (Å²) in [5, 5.41) is 2.90. The molecule has 1 aromatic heterocycles. The summed E-state index contributed by atoms with van der Waals surface area (Å²) in [6.07, 6.45) is 6.27. The van der Waals surface area contributed by atoms with E-state index in [-0.39, 0.29) is 5.91 Å². The minimum atomic E-state index is 0.113. The summed E-state index contributed by atoms with van der Waals surface area (Å²) in [5.41, 5.74) is 0. The quantitative estimate of drug-likeness (QED) is 0.701. The van der Waals surface area contributed by atoms with Crippen LogP contribution in [0.25, 0.3) is 0 Å². The van der Waals surface area contributed by atoms with E-state index in [1.165, 1.54) is 12.8 Å². The molecule has 1 rings (SSSR count). The molecule has 0 aliphatic carbocycles. The van der Waals surface area contributed by atoms with Crippen molar-refractivity contribution in [3.8, 4) is 0 Å². The molecule has 1 aromatic rings. The number of hydrogen-bond acceptors (Lipinski definition) is 2. The van der Waals surface area contributed by atoms with Crippen LogP contribution in [0.4, 0.5) is 0 Å². The fraction of sp³-hybridized carbons (Fsp3) is 0.583. The van der Waals surface area contributed by atoms with Crippen LogP contribution in [0.2, 0.25) is 0 Å². The molecule has 15 heavy (non-hydrogen) atoms. The van der Waals surface area contributed by atoms with E-state index in [4.69, 9.17) is 4.42 Å². The molecule has 0 atom stereocenters. The Kier molecular flexibility index (Phi) is 5.59. The second-order valence-corrected chi connectivity index (χ2v) is 3.64. The largest absolute Gasteiger partial charge is 0.469 e. The van der Waals surface area contributed by atoms with Gasteiger partial charge in [-0.25, -0.2) is 0 Å². The Morgan fingerprint density at radius 3 is 3.00 bits per heavy atom. The van der Waals surface area contributed by atoms with E-state index in [0.29, 0.717) is 12.8 Å². The van der Waals surface area contributed by atoms with Gasteiger partial charge in [0, 0.05) is 19.4 Å². The molecule has 1 N–H and O–H groups in total. The van der Waals surface area contributed by atoms with Crippen LogP contribution >= 0.6 is 0 Å². The number of nitrogens with one attached hydrogen (secondary N) is 1. The highest BCUT2D eigenvalue weighted by Crippen LogP contribution is 2.03. The second-order valence-electron chi connectivity index (χ2n) is 3.64. The molecule has 0 spiro atoms. The third-order valence-corrected chi connectivity index (χ3v) is 2.28. The SMILES string of the molecule is CCCCCNC(=O)CCc1ccco1. The first kappa shape index (κ1) is 11.8. The molecule has 0 aliphatic heterocycles. The monoisotopic (exact) mass is 209 g/mol. The van der Waals surface area contributed by atoms with Crippen LogP contribution in [0.5, 0.6) is 0 Å². The molecule has 0 saturated carbocycles. The first-order chi connectivity index (χ1) is 7.33. The van der Waals surface area contributed by atoms with E-state index in [1.54, 1.807) is 6.26 Å². The summed E-state index contributed by atoms with van der Waals surface area (Å²) < 4.78 is 5.15. The number of unbranched alkanes of at least 4 members (excludes halogenated alkanes) is 2. The molecular formula is C12H19NO2. The van der Waals surface area contributed by atoms with Crippen molar-refractivity contribution in [1.82, 2.24) is 5.32 Å². The molecule has 84 valence electrons. The second kappa shape index (κ2) is 7.10. The van der Waals surface area contributed by atoms with Crippen molar-refractivity contribution in [2.45, 2.75) is 39.0 Å². The van der Waals surface area contributed by atoms with Gasteiger partial charge in [0.2, 0.25) is 5.91 Å². The van der Waals surface area contributed by atoms with Gasteiger partial charge in [0.05, 0.1) is 6.26 Å². The molecule has 0 unspecified atom stereocenters. The maximum absolute atomic E-state index is 11.3. The summed E-state index contributed by atoms with van der Waals surface area (Å²) in [7, 11) is 0. The van der Waals surface area contributed by atoms with Crippen LogP contribution in [-0.4, -0.2) is 12.5 Å². The molecule has 3 nitrogen and oxygen atoms in total. The maximum Gasteiger partial charge on any atom is 0.220 e. The van der Waals surface area contributed by atoms with Gasteiger partial charge in [0.25, 0.3) is 0 Å². The number of amides is 1. The third-order valence-electron chi connectivity index (χ3n) is 2.28. The lowest BCUT2D eigenvalue weighted by Gasteiger charge is -2.03. The van der Waals surface area contributed by atoms with Gasteiger partial charge in [0.1, 0.15) is 5.76 Å². The normalized spacial score (nSPS) is 10.2. The predicted molar refractivity (Wildman–Crippen MR) is 59.6 cm³/mol. The van der Waals surface area contributed by atoms with Gasteiger partial charge in [-0.15, -0.1) is 0 Å². The van der Waals surface area contributed by atoms with Crippen LogP contribution in [0.15, 0.2) is 22.8 Å². The number of carbonyl (C=O) groups is 1. The molecule has 0 radical (unpaired) electrons. The van der Waals surface area contributed by atoms with Crippen LogP contribution in [-0.2, 0) is 11.2 Å². The minimum Gasteiger partial charge on any atom is -0.469 e. The topological polar surface area (TPSA) is 42.2 Å². The van der Waals surface area contributed by atoms with Crippen LogP contribution in [0.3, 0.4) is 0 Å². The highest BCUT2D eigenvalue weighted by molar-refractivity contribution is 5.75. The van der Waals surface area contributed by atoms with Gasteiger partial charge >= 0.3 is 0 Å². The molecule has 0 aromatic carbocycles. The molecule has 0 bridgehead atoms. The fourth-order valence-electron chi connectivity index (χ4n) is 1.38. The number of hydrogen-bond donors (Lipinski definition) is 1. The Labute approximate surface area is 90.9 Å². The van der Waals surface area contributed by atoms with E-state index >= 15 is 0 Å². The van der Waals surface area contributed by atoms with E-state index < -0.39 is 0 Å². The number of aryl methyl sites for hydroxylation is 1. The van der Waals surface area contributed by atoms with Gasteiger partial charge < -0.3 is 9.73 Å². The van der Waals surface area contributed by atoms with Gasteiger partial charge in [-0.3, -0.25) is 4.79 Å². The van der Waals surface area contributed by atoms with Crippen molar-refractivity contribution in [2.24, 2.45) is 0 Å². The highest BCUT2D eigenvalue weighted by Gasteiger charge is 2.02. The zero-order valence-corrected chi connectivity index (χ0v) is 9.29. The van der Waals surface area contributed by atoms with Gasteiger partial charge in [-0.1, -0.05) is 19.8 Å². The molecular weight excluding hydrogens is 190 g/mol. The summed E-state index contributed by atoms with van der Waals surface area (Å²) in [6, 6.07) is 3.73. The number of carbonyl (C=O) groups excluding carboxylic acids is 1. The zero-order chi connectivity index (χ0) is 10.9. The molecule has 3 heteroatoms. The first-order valence-electron chi connectivity index (χ1n) is 5.62. The lowest BCUT2D eigenvalue weighted by Crippen LogP contribution is -2.24. The minimum absolute atomic E-state index is 0.113. The standard InChI is InChI=1S/C12H19NO2/c1-2-3-4-9-13-12(14)8-7-11-6-5-10-15-11/h5-6,10H,2-4,7-9H2,1H3,(H,13,14). The summed E-state index contributed by atoms with van der Waals surface area (Å²) in [6.45, 7) is 2.95. The van der Waals surface area contributed by atoms with Gasteiger partial charge in [-0.05, 0) is 18.6 Å². The lowest BCUT2D eigenvalue weighted by atomic mass is 10.2. The average Bonchev–Trinajstić information content (AvgIpc) is 2.74. The molecule has 0 fully saturated rings. The molecule has 0 saturated heterocycles. The van der Waals surface area contributed by atoms with Crippen LogP contribution in [0.1, 0.15) is 38.4 Å². The highest BCUT2D eigenvalue weighted by atomic mass is 16.3. The molecule has 1 amide bonds. The first-order valence-corrected chi connectivity index (χ1v) is 5.62. The Balaban J connectivity index is 2.04. The van der Waals surface area contributed by atoms with Crippen LogP contribution < -0.4 is 5.32 Å². The van der Waals surface area contributed by atoms with E-state index in [9.17, 15) is 4.79 Å². The lowest BCUT2D eigenvalue weighted by molar-refractivity contribution is -0.121. The Morgan fingerprint density at radius 2 is 2.33 bits per heavy atom. The average molecular weight is 209 g/mol. The molecule has 1 heterocycles. The van der Waals surface area contributed by atoms with Crippen molar-refractivity contribution in [3.63, 3.8) is 0 Å². The molecule has 0 aliphatic rings. The van der Waals surface area contributed by atoms with Crippen molar-refractivity contribution in [2.75, 3.05) is 6.54 Å². The van der Waals surface area contributed by atoms with Crippen molar-refractivity contribution in [3.05, 3.63) is 24.2 Å². The summed E-state index contributed by atoms with van der Waals surface area (Å²) in [5.74, 6) is 0.987. The Hall–Kier alpha value is -1.25. The van der Waals surface area contributed by atoms with Crippen molar-refractivity contribution in [1.29, 1.82) is 0 Å². The van der Waals surface area contributed by atoms with Crippen molar-refractivity contribution < 1.29 is 9.21 Å². The van der Waals surface area contributed by atoms with Gasteiger partial charge in [-0.2, -0.15) is 0 Å². The Morgan fingerprint density at radius 1 is 1.47 bits per heavy atom. The zero-order valence-electron chi connectivity index (χ0n) is 9.29. The Bertz CT molecular complexity index is 267. The third kappa shape index (κ3) is 5.25. The summed E-state index contributed by atoms with van der Waals surface area (Å²) in [4.78, 5) is 11.3. The van der Waals surface area contributed by atoms with Crippen LogP contribution in [0, 0.1) is 0 Å². The smallest absolute Gasteiger partial charge is 0.220 e. The fourth-order valence-corrected chi connectivity index (χ4v) is 1.38. The van der Waals surface area contributed by atoms with Crippen molar-refractivity contribution >= 4 is 5.91 Å². The van der Waals surface area contributed by atoms with E-state index in [2.05, 4.69) is 12.2 Å². The van der Waals surface area contributed by atoms with Gasteiger partial charge in [0.15, 0.2) is 0 Å². The maximum atomic E-state index is 11.3. The summed E-state index contributed by atoms with van der Waals surface area (Å²) >= 11 is 0. The number of furan rings is 1. The predicted octanol–water partition coefficient (Wildman–Crippen LogP) is 2.52.